The molecule has 0 saturated heterocycles. The molecule has 0 spiro atoms. The topological polar surface area (TPSA) is 47.7 Å². The summed E-state index contributed by atoms with van der Waals surface area (Å²) in [6, 6.07) is 5.93. The van der Waals surface area contributed by atoms with Gasteiger partial charge in [-0.2, -0.15) is 0 Å². The molecule has 0 radical (unpaired) electrons. The molecule has 4 heteroatoms. The fraction of sp³-hybridized carbons (Fsp3) is 0.500. The summed E-state index contributed by atoms with van der Waals surface area (Å²) in [5.41, 5.74) is 6.75. The number of benzene rings is 1. The number of ether oxygens (including phenoxy) is 2. The fourth-order valence-electron chi connectivity index (χ4n) is 1.93. The van der Waals surface area contributed by atoms with Crippen LogP contribution >= 0.6 is 0 Å². The third kappa shape index (κ3) is 2.46. The van der Waals surface area contributed by atoms with Crippen LogP contribution in [-0.2, 0) is 6.54 Å². The second-order valence-electron chi connectivity index (χ2n) is 3.89. The Bertz CT molecular complexity index is 355. The summed E-state index contributed by atoms with van der Waals surface area (Å²) in [6.07, 6.45) is 0. The molecular weight excluding hydrogens is 204 g/mol. The number of rotatable bonds is 3. The molecule has 88 valence electrons. The van der Waals surface area contributed by atoms with Gasteiger partial charge in [0.15, 0.2) is 0 Å². The number of fused-ring (bicyclic) bond motifs is 1. The summed E-state index contributed by atoms with van der Waals surface area (Å²) in [5, 5.41) is 0. The zero-order valence-electron chi connectivity index (χ0n) is 9.61. The Morgan fingerprint density at radius 1 is 1.50 bits per heavy atom. The van der Waals surface area contributed by atoms with Gasteiger partial charge in [0.05, 0.1) is 7.11 Å². The van der Waals surface area contributed by atoms with Gasteiger partial charge in [-0.3, -0.25) is 4.90 Å². The molecule has 1 aliphatic rings. The summed E-state index contributed by atoms with van der Waals surface area (Å²) in [4.78, 5) is 2.30. The van der Waals surface area contributed by atoms with Crippen molar-refractivity contribution in [2.45, 2.75) is 6.54 Å². The number of nitrogens with zero attached hydrogens (tertiary/aromatic N) is 1. The first kappa shape index (κ1) is 11.2. The van der Waals surface area contributed by atoms with Crippen molar-refractivity contribution in [2.24, 2.45) is 5.73 Å². The largest absolute Gasteiger partial charge is 0.497 e. The van der Waals surface area contributed by atoms with E-state index in [2.05, 4.69) is 4.90 Å². The summed E-state index contributed by atoms with van der Waals surface area (Å²) in [5.74, 6) is 1.83. The third-order valence-corrected chi connectivity index (χ3v) is 2.77. The van der Waals surface area contributed by atoms with E-state index in [1.54, 1.807) is 7.11 Å². The van der Waals surface area contributed by atoms with Crippen molar-refractivity contribution in [2.75, 3.05) is 33.4 Å². The standard InChI is InChI=1S/C12H18N2O2/c1-15-11-2-3-12-10(8-11)9-14(5-4-13)6-7-16-12/h2-3,8H,4-7,9,13H2,1H3. The van der Waals surface area contributed by atoms with Gasteiger partial charge in [0, 0.05) is 31.7 Å². The lowest BCUT2D eigenvalue weighted by Gasteiger charge is -2.17. The molecule has 0 atom stereocenters. The van der Waals surface area contributed by atoms with Gasteiger partial charge < -0.3 is 15.2 Å². The molecule has 1 heterocycles. The van der Waals surface area contributed by atoms with Crippen molar-refractivity contribution in [3.63, 3.8) is 0 Å². The van der Waals surface area contributed by atoms with Gasteiger partial charge in [0.1, 0.15) is 18.1 Å². The number of nitrogens with two attached hydrogens (primary N) is 1. The summed E-state index contributed by atoms with van der Waals surface area (Å²) in [7, 11) is 1.68. The minimum atomic E-state index is 0.680. The average molecular weight is 222 g/mol. The molecule has 2 rings (SSSR count). The van der Waals surface area contributed by atoms with E-state index >= 15 is 0 Å². The predicted octanol–water partition coefficient (Wildman–Crippen LogP) is 0.848. The van der Waals surface area contributed by atoms with Crippen molar-refractivity contribution in [3.8, 4) is 11.5 Å². The van der Waals surface area contributed by atoms with Crippen LogP contribution in [0.4, 0.5) is 0 Å². The third-order valence-electron chi connectivity index (χ3n) is 2.77. The lowest BCUT2D eigenvalue weighted by Crippen LogP contribution is -2.30. The van der Waals surface area contributed by atoms with E-state index in [4.69, 9.17) is 15.2 Å². The van der Waals surface area contributed by atoms with Crippen LogP contribution in [0.5, 0.6) is 11.5 Å². The molecule has 1 aliphatic heterocycles. The maximum Gasteiger partial charge on any atom is 0.124 e. The zero-order chi connectivity index (χ0) is 11.4. The summed E-state index contributed by atoms with van der Waals surface area (Å²) in [6.45, 7) is 4.11. The van der Waals surface area contributed by atoms with Crippen LogP contribution in [0.1, 0.15) is 5.56 Å². The Labute approximate surface area is 95.9 Å². The van der Waals surface area contributed by atoms with Crippen molar-refractivity contribution in [3.05, 3.63) is 23.8 Å². The van der Waals surface area contributed by atoms with E-state index < -0.39 is 0 Å². The fourth-order valence-corrected chi connectivity index (χ4v) is 1.93. The van der Waals surface area contributed by atoms with Crippen LogP contribution in [0.15, 0.2) is 18.2 Å². The highest BCUT2D eigenvalue weighted by Gasteiger charge is 2.15. The van der Waals surface area contributed by atoms with Gasteiger partial charge in [0.25, 0.3) is 0 Å². The van der Waals surface area contributed by atoms with Gasteiger partial charge in [0.2, 0.25) is 0 Å². The molecule has 0 amide bonds. The molecule has 16 heavy (non-hydrogen) atoms. The lowest BCUT2D eigenvalue weighted by atomic mass is 10.2. The van der Waals surface area contributed by atoms with E-state index in [1.165, 1.54) is 5.56 Å². The monoisotopic (exact) mass is 222 g/mol. The van der Waals surface area contributed by atoms with E-state index in [9.17, 15) is 0 Å². The Balaban J connectivity index is 2.19. The Kier molecular flexibility index (Phi) is 3.64. The van der Waals surface area contributed by atoms with E-state index in [-0.39, 0.29) is 0 Å². The number of methoxy groups -OCH3 is 1. The van der Waals surface area contributed by atoms with Gasteiger partial charge in [-0.25, -0.2) is 0 Å². The molecule has 2 N–H and O–H groups in total. The van der Waals surface area contributed by atoms with Crippen molar-refractivity contribution >= 4 is 0 Å². The van der Waals surface area contributed by atoms with Crippen molar-refractivity contribution in [1.82, 2.24) is 4.90 Å². The molecule has 0 fully saturated rings. The molecule has 4 nitrogen and oxygen atoms in total. The van der Waals surface area contributed by atoms with Gasteiger partial charge >= 0.3 is 0 Å². The van der Waals surface area contributed by atoms with Gasteiger partial charge in [-0.1, -0.05) is 0 Å². The molecule has 1 aromatic carbocycles. The van der Waals surface area contributed by atoms with Crippen LogP contribution < -0.4 is 15.2 Å². The van der Waals surface area contributed by atoms with E-state index in [0.717, 1.165) is 37.7 Å². The predicted molar refractivity (Wildman–Crippen MR) is 62.8 cm³/mol. The number of hydrogen-bond acceptors (Lipinski definition) is 4. The van der Waals surface area contributed by atoms with Gasteiger partial charge in [-0.05, 0) is 18.2 Å². The number of hydrogen-bond donors (Lipinski definition) is 1. The van der Waals surface area contributed by atoms with Crippen LogP contribution in [-0.4, -0.2) is 38.3 Å². The highest BCUT2D eigenvalue weighted by atomic mass is 16.5. The normalized spacial score (nSPS) is 16.1. The van der Waals surface area contributed by atoms with E-state index in [1.807, 2.05) is 18.2 Å². The highest BCUT2D eigenvalue weighted by molar-refractivity contribution is 5.40. The average Bonchev–Trinajstić information content (AvgIpc) is 2.50. The molecule has 0 saturated carbocycles. The molecule has 1 aromatic rings. The maximum atomic E-state index is 5.69. The van der Waals surface area contributed by atoms with Gasteiger partial charge in [-0.15, -0.1) is 0 Å². The van der Waals surface area contributed by atoms with Crippen molar-refractivity contribution in [1.29, 1.82) is 0 Å². The smallest absolute Gasteiger partial charge is 0.124 e. The SMILES string of the molecule is COc1ccc2c(c1)CN(CCN)CCO2. The van der Waals surface area contributed by atoms with Crippen LogP contribution in [0, 0.1) is 0 Å². The summed E-state index contributed by atoms with van der Waals surface area (Å²) < 4.78 is 10.9. The quantitative estimate of drug-likeness (QED) is 0.823. The first-order valence-electron chi connectivity index (χ1n) is 5.55. The highest BCUT2D eigenvalue weighted by Crippen LogP contribution is 2.27. The molecular formula is C12H18N2O2. The van der Waals surface area contributed by atoms with Crippen molar-refractivity contribution < 1.29 is 9.47 Å². The first-order valence-corrected chi connectivity index (χ1v) is 5.55. The lowest BCUT2D eigenvalue weighted by molar-refractivity contribution is 0.230. The second-order valence-corrected chi connectivity index (χ2v) is 3.89. The Hall–Kier alpha value is -1.26. The molecule has 0 aromatic heterocycles. The molecule has 0 bridgehead atoms. The molecule has 0 unspecified atom stereocenters. The minimum absolute atomic E-state index is 0.680. The van der Waals surface area contributed by atoms with Crippen LogP contribution in [0.3, 0.4) is 0 Å². The molecule has 0 aliphatic carbocycles. The maximum absolute atomic E-state index is 5.69. The van der Waals surface area contributed by atoms with E-state index in [0.29, 0.717) is 6.54 Å². The summed E-state index contributed by atoms with van der Waals surface area (Å²) >= 11 is 0. The minimum Gasteiger partial charge on any atom is -0.497 e. The Morgan fingerprint density at radius 2 is 2.38 bits per heavy atom. The second kappa shape index (κ2) is 5.18. The Morgan fingerprint density at radius 3 is 3.12 bits per heavy atom. The van der Waals surface area contributed by atoms with Crippen LogP contribution in [0.25, 0.3) is 0 Å². The first-order chi connectivity index (χ1) is 7.83. The zero-order valence-corrected chi connectivity index (χ0v) is 9.61. The van der Waals surface area contributed by atoms with Crippen LogP contribution in [0.2, 0.25) is 0 Å².